The van der Waals surface area contributed by atoms with Gasteiger partial charge in [0.25, 0.3) is 0 Å². The van der Waals surface area contributed by atoms with E-state index in [1.807, 2.05) is 24.3 Å². The third-order valence-electron chi connectivity index (χ3n) is 11.0. The Hall–Kier alpha value is -7.69. The maximum atomic E-state index is 5.66. The van der Waals surface area contributed by atoms with Crippen LogP contribution in [0.4, 0.5) is 0 Å². The number of fused-ring (bicyclic) bond motifs is 5. The van der Waals surface area contributed by atoms with Crippen molar-refractivity contribution in [2.75, 3.05) is 0 Å². The van der Waals surface area contributed by atoms with Gasteiger partial charge in [0.05, 0.1) is 22.4 Å². The smallest absolute Gasteiger partial charge is 0.160 e. The molecule has 0 bridgehead atoms. The molecule has 0 amide bonds. The van der Waals surface area contributed by atoms with E-state index < -0.39 is 0 Å². The van der Waals surface area contributed by atoms with Crippen LogP contribution in [-0.4, -0.2) is 19.6 Å². The number of hydrogen-bond acceptors (Lipinski definition) is 3. The standard InChI is InChI=1S/C53H34N4/c1-4-18-36(19-5-1)48-50(43-29-16-24-35-17-10-11-25-41(35)43)56-57-51(39-20-6-2-7-21-39)47(42-26-12-13-27-44(42)52(48)57)37-31-33-38(34-32-37)49-45-28-14-15-30-46(45)54-53(55-49)40-22-8-3-9-23-40/h1-34H. The zero-order valence-electron chi connectivity index (χ0n) is 30.9. The second kappa shape index (κ2) is 13.6. The number of pyridine rings is 1. The summed E-state index contributed by atoms with van der Waals surface area (Å²) in [6.07, 6.45) is 0. The highest BCUT2D eigenvalue weighted by atomic mass is 15.2. The summed E-state index contributed by atoms with van der Waals surface area (Å²) in [5.74, 6) is 0.714. The molecule has 57 heavy (non-hydrogen) atoms. The average molecular weight is 727 g/mol. The Bertz CT molecular complexity index is 3260. The first kappa shape index (κ1) is 32.7. The van der Waals surface area contributed by atoms with E-state index >= 15 is 0 Å². The van der Waals surface area contributed by atoms with Crippen LogP contribution in [0.25, 0.3) is 105 Å². The number of rotatable bonds is 6. The zero-order valence-corrected chi connectivity index (χ0v) is 30.9. The van der Waals surface area contributed by atoms with Crippen LogP contribution in [0.5, 0.6) is 0 Å². The minimum Gasteiger partial charge on any atom is -0.231 e. The molecule has 0 radical (unpaired) electrons. The first-order valence-corrected chi connectivity index (χ1v) is 19.3. The Kier molecular flexibility index (Phi) is 7.78. The summed E-state index contributed by atoms with van der Waals surface area (Å²) in [7, 11) is 0. The van der Waals surface area contributed by atoms with Crippen molar-refractivity contribution in [1.29, 1.82) is 0 Å². The molecule has 0 aliphatic heterocycles. The first-order valence-electron chi connectivity index (χ1n) is 19.3. The van der Waals surface area contributed by atoms with Crippen molar-refractivity contribution in [1.82, 2.24) is 19.6 Å². The van der Waals surface area contributed by atoms with E-state index in [2.05, 4.69) is 187 Å². The van der Waals surface area contributed by atoms with Crippen LogP contribution in [0.3, 0.4) is 0 Å². The maximum Gasteiger partial charge on any atom is 0.160 e. The summed E-state index contributed by atoms with van der Waals surface area (Å²) >= 11 is 0. The van der Waals surface area contributed by atoms with Crippen LogP contribution in [0.2, 0.25) is 0 Å². The fourth-order valence-electron chi connectivity index (χ4n) is 8.43. The maximum absolute atomic E-state index is 5.66. The van der Waals surface area contributed by atoms with E-state index in [4.69, 9.17) is 15.1 Å². The molecule has 0 saturated heterocycles. The Morgan fingerprint density at radius 1 is 0.333 bits per heavy atom. The molecule has 11 rings (SSSR count). The molecule has 3 aromatic heterocycles. The van der Waals surface area contributed by atoms with Crippen LogP contribution in [-0.2, 0) is 0 Å². The van der Waals surface area contributed by atoms with E-state index in [-0.39, 0.29) is 0 Å². The second-order valence-electron chi connectivity index (χ2n) is 14.4. The van der Waals surface area contributed by atoms with Crippen LogP contribution in [0.15, 0.2) is 206 Å². The van der Waals surface area contributed by atoms with E-state index in [1.165, 1.54) is 10.8 Å². The highest BCUT2D eigenvalue weighted by molar-refractivity contribution is 6.16. The lowest BCUT2D eigenvalue weighted by Gasteiger charge is -2.18. The lowest BCUT2D eigenvalue weighted by atomic mass is 9.90. The number of aromatic nitrogens is 4. The summed E-state index contributed by atoms with van der Waals surface area (Å²) in [5.41, 5.74) is 13.6. The lowest BCUT2D eigenvalue weighted by molar-refractivity contribution is 0.981. The van der Waals surface area contributed by atoms with E-state index in [9.17, 15) is 0 Å². The van der Waals surface area contributed by atoms with Crippen LogP contribution < -0.4 is 0 Å². The molecule has 4 nitrogen and oxygen atoms in total. The molecule has 0 saturated carbocycles. The second-order valence-corrected chi connectivity index (χ2v) is 14.4. The molecule has 266 valence electrons. The van der Waals surface area contributed by atoms with Crippen molar-refractivity contribution in [3.05, 3.63) is 206 Å². The van der Waals surface area contributed by atoms with Crippen molar-refractivity contribution < 1.29 is 0 Å². The molecule has 3 heterocycles. The fourth-order valence-corrected chi connectivity index (χ4v) is 8.43. The predicted octanol–water partition coefficient (Wildman–Crippen LogP) is 13.6. The molecular weight excluding hydrogens is 693 g/mol. The van der Waals surface area contributed by atoms with Crippen molar-refractivity contribution in [3.63, 3.8) is 0 Å². The van der Waals surface area contributed by atoms with E-state index in [0.717, 1.165) is 88.8 Å². The molecule has 11 aromatic rings. The van der Waals surface area contributed by atoms with Gasteiger partial charge in [-0.2, -0.15) is 5.10 Å². The lowest BCUT2D eigenvalue weighted by Crippen LogP contribution is -2.00. The third kappa shape index (κ3) is 5.50. The van der Waals surface area contributed by atoms with Gasteiger partial charge in [-0.25, -0.2) is 14.5 Å². The average Bonchev–Trinajstić information content (AvgIpc) is 3.69. The molecule has 0 aliphatic carbocycles. The number of hydrogen-bond donors (Lipinski definition) is 0. The van der Waals surface area contributed by atoms with Crippen LogP contribution in [0.1, 0.15) is 0 Å². The molecule has 0 unspecified atom stereocenters. The number of benzene rings is 8. The number of nitrogens with zero attached hydrogens (tertiary/aromatic N) is 4. The summed E-state index contributed by atoms with van der Waals surface area (Å²) in [6.45, 7) is 0. The molecule has 0 atom stereocenters. The van der Waals surface area contributed by atoms with Crippen molar-refractivity contribution >= 4 is 38.0 Å². The van der Waals surface area contributed by atoms with Gasteiger partial charge in [-0.1, -0.05) is 200 Å². The quantitative estimate of drug-likeness (QED) is 0.171. The summed E-state index contributed by atoms with van der Waals surface area (Å²) in [5, 5.41) is 11.3. The zero-order chi connectivity index (χ0) is 37.7. The molecule has 0 aliphatic rings. The SMILES string of the molecule is c1ccc(-c2nc(-c3ccc(-c4c(-c5ccccc5)n5nc(-c6cccc7ccccc67)c(-c6ccccc6)c5c5ccccc45)cc3)c3ccccc3n2)cc1. The van der Waals surface area contributed by atoms with E-state index in [0.29, 0.717) is 5.82 Å². The topological polar surface area (TPSA) is 43.1 Å². The molecule has 0 fully saturated rings. The monoisotopic (exact) mass is 726 g/mol. The van der Waals surface area contributed by atoms with Crippen molar-refractivity contribution in [2.24, 2.45) is 0 Å². The third-order valence-corrected chi connectivity index (χ3v) is 11.0. The Labute approximate surface area is 330 Å². The fraction of sp³-hybridized carbons (Fsp3) is 0. The largest absolute Gasteiger partial charge is 0.231 e. The molecule has 0 spiro atoms. The summed E-state index contributed by atoms with van der Waals surface area (Å²) in [4.78, 5) is 10.1. The summed E-state index contributed by atoms with van der Waals surface area (Å²) < 4.78 is 2.21. The Morgan fingerprint density at radius 2 is 0.877 bits per heavy atom. The molecular formula is C53H34N4. The van der Waals surface area contributed by atoms with Gasteiger partial charge in [0.1, 0.15) is 5.69 Å². The first-order chi connectivity index (χ1) is 28.3. The molecule has 4 heteroatoms. The van der Waals surface area contributed by atoms with Gasteiger partial charge in [0.2, 0.25) is 0 Å². The van der Waals surface area contributed by atoms with Crippen LogP contribution >= 0.6 is 0 Å². The van der Waals surface area contributed by atoms with Gasteiger partial charge < -0.3 is 0 Å². The van der Waals surface area contributed by atoms with Gasteiger partial charge in [-0.3, -0.25) is 0 Å². The van der Waals surface area contributed by atoms with Crippen molar-refractivity contribution in [3.8, 4) is 67.4 Å². The van der Waals surface area contributed by atoms with Gasteiger partial charge in [-0.15, -0.1) is 0 Å². The normalized spacial score (nSPS) is 11.5. The molecule has 0 N–H and O–H groups in total. The molecule has 8 aromatic carbocycles. The summed E-state index contributed by atoms with van der Waals surface area (Å²) in [6, 6.07) is 72.7. The van der Waals surface area contributed by atoms with Gasteiger partial charge in [-0.05, 0) is 33.4 Å². The predicted molar refractivity (Wildman–Crippen MR) is 236 cm³/mol. The van der Waals surface area contributed by atoms with Crippen LogP contribution in [0, 0.1) is 0 Å². The van der Waals surface area contributed by atoms with E-state index in [1.54, 1.807) is 0 Å². The van der Waals surface area contributed by atoms with Gasteiger partial charge in [0, 0.05) is 44.2 Å². The minimum absolute atomic E-state index is 0.714. The highest BCUT2D eigenvalue weighted by Gasteiger charge is 2.26. The Balaban J connectivity index is 1.20. The minimum atomic E-state index is 0.714. The van der Waals surface area contributed by atoms with Gasteiger partial charge >= 0.3 is 0 Å². The van der Waals surface area contributed by atoms with Gasteiger partial charge in [0.15, 0.2) is 5.82 Å². The van der Waals surface area contributed by atoms with Crippen molar-refractivity contribution in [2.45, 2.75) is 0 Å². The highest BCUT2D eigenvalue weighted by Crippen LogP contribution is 2.47. The number of para-hydroxylation sites is 1. The Morgan fingerprint density at radius 3 is 1.61 bits per heavy atom.